The fourth-order valence-corrected chi connectivity index (χ4v) is 2.03. The Hall–Kier alpha value is -3.72. The van der Waals surface area contributed by atoms with Crippen LogP contribution in [0, 0.1) is 10.1 Å². The van der Waals surface area contributed by atoms with Crippen molar-refractivity contribution in [2.75, 3.05) is 0 Å². The van der Waals surface area contributed by atoms with Gasteiger partial charge in [0.2, 0.25) is 0 Å². The number of non-ortho nitro benzene ring substituents is 1. The molecule has 128 valence electrons. The summed E-state index contributed by atoms with van der Waals surface area (Å²) in [6, 6.07) is 13.5. The molecule has 0 spiro atoms. The van der Waals surface area contributed by atoms with Crippen LogP contribution in [0.1, 0.15) is 15.9 Å². The molecule has 25 heavy (non-hydrogen) atoms. The number of carbonyl (C=O) groups is 2. The van der Waals surface area contributed by atoms with E-state index in [1.165, 1.54) is 24.3 Å². The predicted octanol–water partition coefficient (Wildman–Crippen LogP) is 0.642. The van der Waals surface area contributed by atoms with E-state index in [1.807, 2.05) is 5.43 Å². The quantitative estimate of drug-likeness (QED) is 0.206. The monoisotopic (exact) mass is 341 g/mol. The molecule has 0 aliphatic heterocycles. The number of benzene rings is 2. The molecular formula is C16H15N5O4. The third kappa shape index (κ3) is 4.18. The van der Waals surface area contributed by atoms with Gasteiger partial charge in [-0.2, -0.15) is 0 Å². The van der Waals surface area contributed by atoms with Crippen LogP contribution in [0.5, 0.6) is 0 Å². The summed E-state index contributed by atoms with van der Waals surface area (Å²) >= 11 is 0. The Morgan fingerprint density at radius 2 is 1.64 bits per heavy atom. The van der Waals surface area contributed by atoms with Crippen LogP contribution in [0.15, 0.2) is 60.3 Å². The van der Waals surface area contributed by atoms with Crippen molar-refractivity contribution in [1.82, 2.24) is 10.7 Å². The first-order valence-corrected chi connectivity index (χ1v) is 7.06. The van der Waals surface area contributed by atoms with Crippen LogP contribution in [0.2, 0.25) is 0 Å². The van der Waals surface area contributed by atoms with Gasteiger partial charge in [0.25, 0.3) is 17.5 Å². The minimum Gasteiger partial charge on any atom is -0.396 e. The van der Waals surface area contributed by atoms with Crippen LogP contribution in [0.25, 0.3) is 5.70 Å². The summed E-state index contributed by atoms with van der Waals surface area (Å²) in [5.74, 6) is 3.72. The molecule has 2 aromatic rings. The van der Waals surface area contributed by atoms with Gasteiger partial charge in [0.1, 0.15) is 5.70 Å². The molecule has 0 unspecified atom stereocenters. The van der Waals surface area contributed by atoms with E-state index >= 15 is 0 Å². The lowest BCUT2D eigenvalue weighted by atomic mass is 10.1. The van der Waals surface area contributed by atoms with Crippen molar-refractivity contribution in [3.8, 4) is 0 Å². The fraction of sp³-hybridized carbons (Fsp3) is 0. The number of hydrogen-bond acceptors (Lipinski definition) is 6. The van der Waals surface area contributed by atoms with E-state index in [-0.39, 0.29) is 22.6 Å². The molecule has 9 nitrogen and oxygen atoms in total. The first-order chi connectivity index (χ1) is 11.9. The van der Waals surface area contributed by atoms with E-state index in [9.17, 15) is 19.7 Å². The highest BCUT2D eigenvalue weighted by molar-refractivity contribution is 6.06. The van der Waals surface area contributed by atoms with Crippen molar-refractivity contribution < 1.29 is 14.5 Å². The lowest BCUT2D eigenvalue weighted by Gasteiger charge is -2.12. The van der Waals surface area contributed by atoms with Crippen LogP contribution in [0.3, 0.4) is 0 Å². The van der Waals surface area contributed by atoms with Crippen molar-refractivity contribution >= 4 is 23.2 Å². The predicted molar refractivity (Wildman–Crippen MR) is 90.4 cm³/mol. The maximum atomic E-state index is 12.3. The third-order valence-electron chi connectivity index (χ3n) is 3.27. The number of nitro groups is 1. The van der Waals surface area contributed by atoms with Gasteiger partial charge in [-0.05, 0) is 12.1 Å². The molecule has 0 saturated carbocycles. The molecule has 0 aliphatic carbocycles. The number of hydrogen-bond donors (Lipinski definition) is 4. The molecular weight excluding hydrogens is 326 g/mol. The average Bonchev–Trinajstić information content (AvgIpc) is 2.65. The largest absolute Gasteiger partial charge is 0.396 e. The number of carbonyl (C=O) groups excluding carboxylic acids is 2. The molecule has 2 amide bonds. The lowest BCUT2D eigenvalue weighted by Crippen LogP contribution is -2.40. The van der Waals surface area contributed by atoms with Crippen molar-refractivity contribution in [2.45, 2.75) is 0 Å². The smallest absolute Gasteiger partial charge is 0.283 e. The van der Waals surface area contributed by atoms with Gasteiger partial charge in [0, 0.05) is 23.3 Å². The molecule has 2 rings (SSSR count). The third-order valence-corrected chi connectivity index (χ3v) is 3.27. The van der Waals surface area contributed by atoms with Gasteiger partial charge in [-0.3, -0.25) is 25.1 Å². The number of hydrazine groups is 1. The second-order valence-corrected chi connectivity index (χ2v) is 4.89. The topological polar surface area (TPSA) is 153 Å². The SMILES string of the molecule is NNC(=O)/C(NC(=O)c1ccccc1)=C(\N)c1cccc([N+](=O)[O-])c1. The summed E-state index contributed by atoms with van der Waals surface area (Å²) in [6.07, 6.45) is 0. The molecule has 0 saturated heterocycles. The van der Waals surface area contributed by atoms with E-state index in [1.54, 1.807) is 30.3 Å². The number of nitro benzene ring substituents is 1. The molecule has 0 fully saturated rings. The minimum absolute atomic E-state index is 0.157. The van der Waals surface area contributed by atoms with Crippen molar-refractivity contribution in [3.63, 3.8) is 0 Å². The first-order valence-electron chi connectivity index (χ1n) is 7.06. The summed E-state index contributed by atoms with van der Waals surface area (Å²) in [7, 11) is 0. The Kier molecular flexibility index (Phi) is 5.43. The zero-order valence-corrected chi connectivity index (χ0v) is 12.9. The highest BCUT2D eigenvalue weighted by Gasteiger charge is 2.19. The van der Waals surface area contributed by atoms with Crippen LogP contribution >= 0.6 is 0 Å². The van der Waals surface area contributed by atoms with Gasteiger partial charge in [0.05, 0.1) is 10.6 Å². The van der Waals surface area contributed by atoms with Gasteiger partial charge >= 0.3 is 0 Å². The van der Waals surface area contributed by atoms with Gasteiger partial charge < -0.3 is 11.1 Å². The Balaban J connectivity index is 2.43. The minimum atomic E-state index is -0.840. The Labute approximate surface area is 142 Å². The number of rotatable bonds is 5. The highest BCUT2D eigenvalue weighted by atomic mass is 16.6. The van der Waals surface area contributed by atoms with E-state index in [2.05, 4.69) is 5.32 Å². The molecule has 2 aromatic carbocycles. The molecule has 0 radical (unpaired) electrons. The summed E-state index contributed by atoms with van der Waals surface area (Å²) in [4.78, 5) is 34.5. The lowest BCUT2D eigenvalue weighted by molar-refractivity contribution is -0.384. The molecule has 0 heterocycles. The highest BCUT2D eigenvalue weighted by Crippen LogP contribution is 2.19. The average molecular weight is 341 g/mol. The van der Waals surface area contributed by atoms with Gasteiger partial charge in [-0.25, -0.2) is 5.84 Å². The van der Waals surface area contributed by atoms with Gasteiger partial charge in [-0.15, -0.1) is 0 Å². The Morgan fingerprint density at radius 1 is 1.00 bits per heavy atom. The van der Waals surface area contributed by atoms with Gasteiger partial charge in [0.15, 0.2) is 0 Å². The summed E-state index contributed by atoms with van der Waals surface area (Å²) in [6.45, 7) is 0. The second-order valence-electron chi connectivity index (χ2n) is 4.89. The standard InChI is InChI=1S/C16H15N5O4/c17-13(11-7-4-8-12(9-11)21(24)25)14(16(23)20-18)19-15(22)10-5-2-1-3-6-10/h1-9H,17-18H2,(H,19,22)(H,20,23)/b14-13+. The van der Waals surface area contributed by atoms with Crippen LogP contribution < -0.4 is 22.3 Å². The number of nitrogens with zero attached hydrogens (tertiary/aromatic N) is 1. The van der Waals surface area contributed by atoms with Crippen molar-refractivity contribution in [3.05, 3.63) is 81.5 Å². The first kappa shape index (κ1) is 17.6. The number of nitrogens with two attached hydrogens (primary N) is 2. The maximum Gasteiger partial charge on any atom is 0.283 e. The zero-order valence-electron chi connectivity index (χ0n) is 12.9. The van der Waals surface area contributed by atoms with Crippen molar-refractivity contribution in [2.24, 2.45) is 11.6 Å². The van der Waals surface area contributed by atoms with E-state index in [4.69, 9.17) is 11.6 Å². The number of nitrogens with one attached hydrogen (secondary N) is 2. The molecule has 0 atom stereocenters. The molecule has 9 heteroatoms. The fourth-order valence-electron chi connectivity index (χ4n) is 2.03. The molecule has 0 aliphatic rings. The zero-order chi connectivity index (χ0) is 18.4. The van der Waals surface area contributed by atoms with E-state index in [0.29, 0.717) is 5.56 Å². The normalized spacial score (nSPS) is 11.2. The second kappa shape index (κ2) is 7.70. The summed E-state index contributed by atoms with van der Waals surface area (Å²) in [5, 5.41) is 13.3. The summed E-state index contributed by atoms with van der Waals surface area (Å²) < 4.78 is 0. The Morgan fingerprint density at radius 3 is 2.24 bits per heavy atom. The number of amides is 2. The van der Waals surface area contributed by atoms with E-state index < -0.39 is 16.7 Å². The maximum absolute atomic E-state index is 12.3. The van der Waals surface area contributed by atoms with Crippen LogP contribution in [-0.4, -0.2) is 16.7 Å². The van der Waals surface area contributed by atoms with Crippen LogP contribution in [-0.2, 0) is 4.79 Å². The van der Waals surface area contributed by atoms with Crippen molar-refractivity contribution in [1.29, 1.82) is 0 Å². The molecule has 0 aromatic heterocycles. The van der Waals surface area contributed by atoms with Crippen LogP contribution in [0.4, 0.5) is 5.69 Å². The Bertz CT molecular complexity index is 849. The molecule has 0 bridgehead atoms. The summed E-state index contributed by atoms with van der Waals surface area (Å²) in [5.41, 5.74) is 7.65. The van der Waals surface area contributed by atoms with Gasteiger partial charge in [-0.1, -0.05) is 30.3 Å². The van der Waals surface area contributed by atoms with E-state index in [0.717, 1.165) is 0 Å². The molecule has 6 N–H and O–H groups in total.